The van der Waals surface area contributed by atoms with E-state index in [9.17, 15) is 23.7 Å². The van der Waals surface area contributed by atoms with Crippen LogP contribution in [0.1, 0.15) is 29.6 Å². The molecule has 0 aliphatic heterocycles. The molecule has 5 nitrogen and oxygen atoms in total. The van der Waals surface area contributed by atoms with Gasteiger partial charge in [-0.2, -0.15) is 4.39 Å². The van der Waals surface area contributed by atoms with Crippen molar-refractivity contribution in [2.24, 2.45) is 0 Å². The van der Waals surface area contributed by atoms with Crippen molar-refractivity contribution >= 4 is 23.2 Å². The highest BCUT2D eigenvalue weighted by atomic mass is 35.5. The zero-order valence-corrected chi connectivity index (χ0v) is 12.2. The van der Waals surface area contributed by atoms with Crippen molar-refractivity contribution in [3.63, 3.8) is 0 Å². The van der Waals surface area contributed by atoms with Crippen molar-refractivity contribution in [3.05, 3.63) is 39.4 Å². The fourth-order valence-corrected chi connectivity index (χ4v) is 1.98. The van der Waals surface area contributed by atoms with Gasteiger partial charge in [0.2, 0.25) is 5.82 Å². The molecule has 1 rings (SSSR count). The number of amides is 1. The smallest absolute Gasteiger partial charge is 0.305 e. The average molecular weight is 321 g/mol. The van der Waals surface area contributed by atoms with Crippen LogP contribution in [0.4, 0.5) is 14.5 Å². The maximum absolute atomic E-state index is 13.9. The number of nitro groups is 1. The molecule has 0 aliphatic carbocycles. The van der Waals surface area contributed by atoms with Crippen LogP contribution in [-0.2, 0) is 0 Å². The van der Waals surface area contributed by atoms with Gasteiger partial charge in [-0.15, -0.1) is 11.6 Å². The highest BCUT2D eigenvalue weighted by molar-refractivity contribution is 6.17. The number of hydrogen-bond donors (Lipinski definition) is 0. The van der Waals surface area contributed by atoms with Gasteiger partial charge in [-0.1, -0.05) is 6.42 Å². The molecule has 1 aromatic rings. The number of nitro benzene ring substituents is 1. The van der Waals surface area contributed by atoms with Crippen LogP contribution in [0, 0.1) is 21.7 Å². The predicted molar refractivity (Wildman–Crippen MR) is 74.5 cm³/mol. The normalized spacial score (nSPS) is 10.5. The van der Waals surface area contributed by atoms with Crippen LogP contribution < -0.4 is 0 Å². The Morgan fingerprint density at radius 1 is 1.33 bits per heavy atom. The van der Waals surface area contributed by atoms with Gasteiger partial charge in [-0.3, -0.25) is 14.9 Å². The van der Waals surface area contributed by atoms with E-state index in [1.807, 2.05) is 0 Å². The standard InChI is InChI=1S/C13H15ClF2N2O3/c1-17(8-4-2-3-7-14)13(19)11-9(15)5-6-10(12(11)16)18(20)21/h5-6H,2-4,7-8H2,1H3. The summed E-state index contributed by atoms with van der Waals surface area (Å²) in [5.41, 5.74) is -1.82. The minimum atomic E-state index is -1.45. The van der Waals surface area contributed by atoms with Crippen LogP contribution in [0.5, 0.6) is 0 Å². The Hall–Kier alpha value is -1.76. The van der Waals surface area contributed by atoms with Crippen molar-refractivity contribution < 1.29 is 18.5 Å². The van der Waals surface area contributed by atoms with E-state index < -0.39 is 33.7 Å². The molecule has 0 saturated heterocycles. The summed E-state index contributed by atoms with van der Waals surface area (Å²) in [6.45, 7) is 0.289. The van der Waals surface area contributed by atoms with E-state index in [-0.39, 0.29) is 6.54 Å². The highest BCUT2D eigenvalue weighted by Crippen LogP contribution is 2.24. The molecular formula is C13H15ClF2N2O3. The number of unbranched alkanes of at least 4 members (excludes halogenated alkanes) is 2. The summed E-state index contributed by atoms with van der Waals surface area (Å²) in [5, 5.41) is 10.6. The lowest BCUT2D eigenvalue weighted by Crippen LogP contribution is -2.29. The molecule has 0 radical (unpaired) electrons. The molecule has 0 heterocycles. The Balaban J connectivity index is 2.91. The van der Waals surface area contributed by atoms with Crippen LogP contribution >= 0.6 is 11.6 Å². The number of alkyl halides is 1. The van der Waals surface area contributed by atoms with Crippen molar-refractivity contribution in [2.75, 3.05) is 19.5 Å². The number of halogens is 3. The molecule has 0 unspecified atom stereocenters. The van der Waals surface area contributed by atoms with E-state index in [0.717, 1.165) is 23.8 Å². The topological polar surface area (TPSA) is 63.5 Å². The third kappa shape index (κ3) is 4.35. The quantitative estimate of drug-likeness (QED) is 0.335. The van der Waals surface area contributed by atoms with E-state index in [1.165, 1.54) is 7.05 Å². The van der Waals surface area contributed by atoms with Crippen molar-refractivity contribution in [2.45, 2.75) is 19.3 Å². The van der Waals surface area contributed by atoms with E-state index >= 15 is 0 Å². The third-order valence-corrected chi connectivity index (χ3v) is 3.22. The van der Waals surface area contributed by atoms with Gasteiger partial charge in [-0.05, 0) is 18.9 Å². The van der Waals surface area contributed by atoms with E-state index in [4.69, 9.17) is 11.6 Å². The fourth-order valence-electron chi connectivity index (χ4n) is 1.79. The molecule has 0 aliphatic rings. The Bertz CT molecular complexity index is 540. The van der Waals surface area contributed by atoms with E-state index in [1.54, 1.807) is 0 Å². The monoisotopic (exact) mass is 320 g/mol. The number of hydrogen-bond acceptors (Lipinski definition) is 3. The first-order chi connectivity index (χ1) is 9.90. The van der Waals surface area contributed by atoms with Gasteiger partial charge in [0.25, 0.3) is 5.91 Å². The lowest BCUT2D eigenvalue weighted by atomic mass is 10.1. The Labute approximate surface area is 125 Å². The SMILES string of the molecule is CN(CCCCCCl)C(=O)c1c(F)ccc([N+](=O)[O-])c1F. The second-order valence-electron chi connectivity index (χ2n) is 4.49. The zero-order valence-electron chi connectivity index (χ0n) is 11.4. The van der Waals surface area contributed by atoms with Gasteiger partial charge >= 0.3 is 5.69 Å². The lowest BCUT2D eigenvalue weighted by molar-refractivity contribution is -0.387. The van der Waals surface area contributed by atoms with E-state index in [2.05, 4.69) is 0 Å². The molecule has 0 atom stereocenters. The van der Waals surface area contributed by atoms with Crippen LogP contribution in [0.15, 0.2) is 12.1 Å². The number of nitrogens with zero attached hydrogens (tertiary/aromatic N) is 2. The van der Waals surface area contributed by atoms with Crippen LogP contribution in [-0.4, -0.2) is 35.2 Å². The lowest BCUT2D eigenvalue weighted by Gasteiger charge is -2.17. The Morgan fingerprint density at radius 2 is 2.00 bits per heavy atom. The largest absolute Gasteiger partial charge is 0.342 e. The van der Waals surface area contributed by atoms with Gasteiger partial charge < -0.3 is 4.90 Å². The van der Waals surface area contributed by atoms with Crippen LogP contribution in [0.25, 0.3) is 0 Å². The van der Waals surface area contributed by atoms with Crippen molar-refractivity contribution in [3.8, 4) is 0 Å². The molecular weight excluding hydrogens is 306 g/mol. The number of carbonyl (C=O) groups is 1. The summed E-state index contributed by atoms with van der Waals surface area (Å²) in [6, 6.07) is 1.41. The molecule has 8 heteroatoms. The molecule has 1 amide bonds. The van der Waals surface area contributed by atoms with Crippen molar-refractivity contribution in [1.29, 1.82) is 0 Å². The number of carbonyl (C=O) groups excluding carboxylic acids is 1. The summed E-state index contributed by atoms with van der Waals surface area (Å²) in [4.78, 5) is 22.8. The molecule has 0 bridgehead atoms. The second kappa shape index (κ2) is 7.87. The maximum atomic E-state index is 13.9. The third-order valence-electron chi connectivity index (χ3n) is 2.96. The van der Waals surface area contributed by atoms with Crippen molar-refractivity contribution in [1.82, 2.24) is 4.90 Å². The Kier molecular flexibility index (Phi) is 6.48. The highest BCUT2D eigenvalue weighted by Gasteiger charge is 2.27. The number of rotatable bonds is 7. The average Bonchev–Trinajstić information content (AvgIpc) is 2.42. The van der Waals surface area contributed by atoms with Gasteiger partial charge in [0, 0.05) is 25.5 Å². The summed E-state index contributed by atoms with van der Waals surface area (Å²) in [5.74, 6) is -2.97. The van der Waals surface area contributed by atoms with E-state index in [0.29, 0.717) is 18.4 Å². The molecule has 0 saturated carbocycles. The first-order valence-corrected chi connectivity index (χ1v) is 6.87. The maximum Gasteiger partial charge on any atom is 0.305 e. The minimum absolute atomic E-state index is 0.289. The summed E-state index contributed by atoms with van der Waals surface area (Å²) in [6.07, 6.45) is 2.19. The first-order valence-electron chi connectivity index (χ1n) is 6.34. The van der Waals surface area contributed by atoms with Crippen LogP contribution in [0.2, 0.25) is 0 Å². The molecule has 116 valence electrons. The first kappa shape index (κ1) is 17.3. The second-order valence-corrected chi connectivity index (χ2v) is 4.87. The number of benzene rings is 1. The fraction of sp³-hybridized carbons (Fsp3) is 0.462. The summed E-state index contributed by atoms with van der Waals surface area (Å²) < 4.78 is 27.5. The van der Waals surface area contributed by atoms with Gasteiger partial charge in [0.1, 0.15) is 11.4 Å². The predicted octanol–water partition coefficient (Wildman–Crippen LogP) is 3.35. The van der Waals surface area contributed by atoms with Gasteiger partial charge in [0.15, 0.2) is 0 Å². The van der Waals surface area contributed by atoms with Gasteiger partial charge in [0.05, 0.1) is 4.92 Å². The Morgan fingerprint density at radius 3 is 2.57 bits per heavy atom. The summed E-state index contributed by atoms with van der Waals surface area (Å²) in [7, 11) is 1.39. The zero-order chi connectivity index (χ0) is 16.0. The molecule has 0 N–H and O–H groups in total. The van der Waals surface area contributed by atoms with Crippen LogP contribution in [0.3, 0.4) is 0 Å². The molecule has 0 spiro atoms. The molecule has 1 aromatic carbocycles. The molecule has 0 aromatic heterocycles. The molecule has 21 heavy (non-hydrogen) atoms. The molecule has 0 fully saturated rings. The summed E-state index contributed by atoms with van der Waals surface area (Å²) >= 11 is 5.52. The van der Waals surface area contributed by atoms with Gasteiger partial charge in [-0.25, -0.2) is 4.39 Å². The minimum Gasteiger partial charge on any atom is -0.342 e.